The molecular formula is C26H24N4O2. The van der Waals surface area contributed by atoms with Crippen LogP contribution in [0, 0.1) is 6.92 Å². The first kappa shape index (κ1) is 19.9. The summed E-state index contributed by atoms with van der Waals surface area (Å²) in [7, 11) is 1.64. The second-order valence-electron chi connectivity index (χ2n) is 7.90. The average Bonchev–Trinajstić information content (AvgIpc) is 3.17. The molecule has 160 valence electrons. The Hall–Kier alpha value is -4.06. The number of methoxy groups -OCH3 is 1. The fourth-order valence-electron chi connectivity index (χ4n) is 4.26. The number of rotatable bonds is 4. The van der Waals surface area contributed by atoms with Crippen molar-refractivity contribution in [2.45, 2.75) is 19.9 Å². The number of benzene rings is 3. The number of allylic oxidation sites excluding steroid dienone is 1. The highest BCUT2D eigenvalue weighted by atomic mass is 16.5. The van der Waals surface area contributed by atoms with Gasteiger partial charge in [-0.05, 0) is 55.3 Å². The zero-order valence-electron chi connectivity index (χ0n) is 18.2. The maximum atomic E-state index is 13.6. The Balaban J connectivity index is 1.66. The summed E-state index contributed by atoms with van der Waals surface area (Å²) in [6.07, 6.45) is 0. The molecule has 1 amide bonds. The van der Waals surface area contributed by atoms with Crippen molar-refractivity contribution >= 4 is 28.6 Å². The molecule has 2 N–H and O–H groups in total. The van der Waals surface area contributed by atoms with Crippen LogP contribution in [-0.4, -0.2) is 22.6 Å². The molecule has 32 heavy (non-hydrogen) atoms. The molecule has 0 radical (unpaired) electrons. The number of ether oxygens (including phenoxy) is 1. The van der Waals surface area contributed by atoms with E-state index in [4.69, 9.17) is 9.72 Å². The Morgan fingerprint density at radius 2 is 1.72 bits per heavy atom. The number of aromatic nitrogens is 2. The minimum absolute atomic E-state index is 0.145. The summed E-state index contributed by atoms with van der Waals surface area (Å²) in [5.41, 5.74) is 6.05. The topological polar surface area (TPSA) is 68.2 Å². The average molecular weight is 425 g/mol. The van der Waals surface area contributed by atoms with E-state index >= 15 is 0 Å². The van der Waals surface area contributed by atoms with Crippen molar-refractivity contribution in [1.29, 1.82) is 0 Å². The molecule has 0 spiro atoms. The third kappa shape index (κ3) is 3.30. The van der Waals surface area contributed by atoms with E-state index < -0.39 is 0 Å². The van der Waals surface area contributed by atoms with Gasteiger partial charge in [-0.15, -0.1) is 0 Å². The van der Waals surface area contributed by atoms with Crippen molar-refractivity contribution in [1.82, 2.24) is 9.55 Å². The van der Waals surface area contributed by atoms with Gasteiger partial charge in [0.25, 0.3) is 5.91 Å². The van der Waals surface area contributed by atoms with E-state index in [1.807, 2.05) is 86.6 Å². The number of carbonyl (C=O) groups excluding carboxylic acids is 1. The van der Waals surface area contributed by atoms with Crippen LogP contribution in [0.25, 0.3) is 11.0 Å². The van der Waals surface area contributed by atoms with Gasteiger partial charge in [0.2, 0.25) is 5.95 Å². The summed E-state index contributed by atoms with van der Waals surface area (Å²) in [6, 6.07) is 23.3. The number of hydrogen-bond acceptors (Lipinski definition) is 4. The van der Waals surface area contributed by atoms with E-state index in [9.17, 15) is 4.79 Å². The maximum absolute atomic E-state index is 13.6. The molecule has 0 saturated carbocycles. The predicted octanol–water partition coefficient (Wildman–Crippen LogP) is 5.28. The molecule has 5 rings (SSSR count). The molecule has 1 aromatic heterocycles. The second kappa shape index (κ2) is 7.89. The molecule has 3 aromatic carbocycles. The first-order valence-electron chi connectivity index (χ1n) is 10.5. The highest BCUT2D eigenvalue weighted by Gasteiger charge is 2.34. The van der Waals surface area contributed by atoms with Crippen molar-refractivity contribution < 1.29 is 9.53 Å². The Morgan fingerprint density at radius 3 is 2.47 bits per heavy atom. The number of anilines is 2. The fourth-order valence-corrected chi connectivity index (χ4v) is 4.26. The lowest BCUT2D eigenvalue weighted by molar-refractivity contribution is -0.113. The van der Waals surface area contributed by atoms with Crippen LogP contribution in [0.3, 0.4) is 0 Å². The first-order chi connectivity index (χ1) is 15.6. The number of fused-ring (bicyclic) bond motifs is 3. The molecule has 4 aromatic rings. The third-order valence-corrected chi connectivity index (χ3v) is 5.90. The Morgan fingerprint density at radius 1 is 1.00 bits per heavy atom. The van der Waals surface area contributed by atoms with Crippen LogP contribution in [0.5, 0.6) is 5.75 Å². The standard InChI is InChI=1S/C26H24N4O2/c1-16-8-4-5-9-20(16)28-25(31)23-17(2)27-26-29-21-10-6-7-11-22(21)30(26)24(23)18-12-14-19(32-3)15-13-18/h4-15,24H,1-3H3,(H,27,29)(H,28,31)/t24-/m0/s1. The van der Waals surface area contributed by atoms with Gasteiger partial charge >= 0.3 is 0 Å². The number of aryl methyl sites for hydroxylation is 1. The minimum atomic E-state index is -0.339. The van der Waals surface area contributed by atoms with E-state index in [1.54, 1.807) is 7.11 Å². The molecule has 1 atom stereocenters. The zero-order chi connectivity index (χ0) is 22.2. The van der Waals surface area contributed by atoms with E-state index in [2.05, 4.69) is 15.2 Å². The number of para-hydroxylation sites is 3. The van der Waals surface area contributed by atoms with Crippen LogP contribution in [0.4, 0.5) is 11.6 Å². The van der Waals surface area contributed by atoms with Gasteiger partial charge in [0, 0.05) is 11.4 Å². The first-order valence-corrected chi connectivity index (χ1v) is 10.5. The van der Waals surface area contributed by atoms with Crippen LogP contribution in [-0.2, 0) is 4.79 Å². The summed E-state index contributed by atoms with van der Waals surface area (Å²) in [4.78, 5) is 18.4. The molecule has 2 heterocycles. The van der Waals surface area contributed by atoms with Gasteiger partial charge in [-0.2, -0.15) is 0 Å². The number of nitrogens with one attached hydrogen (secondary N) is 2. The lowest BCUT2D eigenvalue weighted by Crippen LogP contribution is -2.31. The summed E-state index contributed by atoms with van der Waals surface area (Å²) in [5.74, 6) is 1.34. The zero-order valence-corrected chi connectivity index (χ0v) is 18.2. The number of carbonyl (C=O) groups is 1. The molecule has 1 aliphatic heterocycles. The number of hydrogen-bond donors (Lipinski definition) is 2. The quantitative estimate of drug-likeness (QED) is 0.468. The second-order valence-corrected chi connectivity index (χ2v) is 7.90. The SMILES string of the molecule is COc1ccc([C@H]2C(C(=O)Nc3ccccc3C)=C(C)Nc3nc4ccccc4n32)cc1. The normalized spacial score (nSPS) is 15.3. The van der Waals surface area contributed by atoms with Crippen molar-refractivity contribution in [3.63, 3.8) is 0 Å². The number of imidazole rings is 1. The Kier molecular flexibility index (Phi) is 4.90. The summed E-state index contributed by atoms with van der Waals surface area (Å²) < 4.78 is 7.44. The predicted molar refractivity (Wildman–Crippen MR) is 127 cm³/mol. The molecule has 6 heteroatoms. The largest absolute Gasteiger partial charge is 0.497 e. The highest BCUT2D eigenvalue weighted by molar-refractivity contribution is 6.06. The van der Waals surface area contributed by atoms with Crippen molar-refractivity contribution in [2.75, 3.05) is 17.7 Å². The molecule has 0 fully saturated rings. The lowest BCUT2D eigenvalue weighted by atomic mass is 9.94. The summed E-state index contributed by atoms with van der Waals surface area (Å²) >= 11 is 0. The van der Waals surface area contributed by atoms with Crippen LogP contribution in [0.2, 0.25) is 0 Å². The van der Waals surface area contributed by atoms with Gasteiger partial charge in [-0.25, -0.2) is 4.98 Å². The lowest BCUT2D eigenvalue weighted by Gasteiger charge is -2.31. The van der Waals surface area contributed by atoms with Crippen LogP contribution in [0.15, 0.2) is 84.1 Å². The van der Waals surface area contributed by atoms with Crippen LogP contribution >= 0.6 is 0 Å². The van der Waals surface area contributed by atoms with Gasteiger partial charge < -0.3 is 15.4 Å². The van der Waals surface area contributed by atoms with Crippen molar-refractivity contribution in [2.24, 2.45) is 0 Å². The monoisotopic (exact) mass is 424 g/mol. The Bertz CT molecular complexity index is 1350. The van der Waals surface area contributed by atoms with Gasteiger partial charge in [-0.1, -0.05) is 42.5 Å². The van der Waals surface area contributed by atoms with E-state index in [0.717, 1.165) is 45.2 Å². The van der Waals surface area contributed by atoms with Gasteiger partial charge in [0.15, 0.2) is 0 Å². The van der Waals surface area contributed by atoms with E-state index in [0.29, 0.717) is 5.57 Å². The van der Waals surface area contributed by atoms with Crippen molar-refractivity contribution in [3.8, 4) is 5.75 Å². The molecule has 6 nitrogen and oxygen atoms in total. The van der Waals surface area contributed by atoms with Gasteiger partial charge in [0.05, 0.1) is 29.8 Å². The molecule has 0 unspecified atom stereocenters. The molecular weight excluding hydrogens is 400 g/mol. The smallest absolute Gasteiger partial charge is 0.255 e. The van der Waals surface area contributed by atoms with Gasteiger partial charge in [0.1, 0.15) is 5.75 Å². The van der Waals surface area contributed by atoms with Crippen LogP contribution in [0.1, 0.15) is 24.1 Å². The van der Waals surface area contributed by atoms with E-state index in [1.165, 1.54) is 0 Å². The Labute approximate surface area is 186 Å². The number of amides is 1. The molecule has 0 aliphatic carbocycles. The molecule has 0 saturated heterocycles. The summed E-state index contributed by atoms with van der Waals surface area (Å²) in [6.45, 7) is 3.91. The molecule has 0 bridgehead atoms. The van der Waals surface area contributed by atoms with Crippen LogP contribution < -0.4 is 15.4 Å². The van der Waals surface area contributed by atoms with Gasteiger partial charge in [-0.3, -0.25) is 9.36 Å². The summed E-state index contributed by atoms with van der Waals surface area (Å²) in [5, 5.41) is 6.46. The van der Waals surface area contributed by atoms with E-state index in [-0.39, 0.29) is 11.9 Å². The van der Waals surface area contributed by atoms with Crippen molar-refractivity contribution in [3.05, 3.63) is 95.2 Å². The number of nitrogens with zero attached hydrogens (tertiary/aromatic N) is 2. The minimum Gasteiger partial charge on any atom is -0.497 e. The maximum Gasteiger partial charge on any atom is 0.255 e. The highest BCUT2D eigenvalue weighted by Crippen LogP contribution is 2.40. The fraction of sp³-hybridized carbons (Fsp3) is 0.154. The molecule has 1 aliphatic rings. The third-order valence-electron chi connectivity index (χ3n) is 5.90.